The van der Waals surface area contributed by atoms with Crippen molar-refractivity contribution in [1.29, 1.82) is 0 Å². The Hall–Kier alpha value is -1.62. The molecule has 1 aliphatic rings. The highest BCUT2D eigenvalue weighted by Crippen LogP contribution is 2.28. The van der Waals surface area contributed by atoms with Crippen LogP contribution in [0.2, 0.25) is 0 Å². The van der Waals surface area contributed by atoms with Crippen LogP contribution in [0, 0.1) is 0 Å². The molecule has 0 saturated heterocycles. The monoisotopic (exact) mass is 245 g/mol. The normalized spacial score (nSPS) is 19.8. The molecular weight excluding hydrogens is 226 g/mol. The standard InChI is InChI=1S/C13H19N5/c1-13(2,3)10-6-9(17-18-10)12-11-8(4-5-14-12)15-7-16-11/h6-7,12,14H,4-5H2,1-3H3,(H,15,16)(H,17,18)/t12-/m1/s1. The molecule has 96 valence electrons. The SMILES string of the molecule is CC(C)(C)c1cc([C@H]2NCCc3[nH]cnc32)[nH]n1. The Morgan fingerprint density at radius 2 is 2.17 bits per heavy atom. The first-order valence-corrected chi connectivity index (χ1v) is 6.37. The van der Waals surface area contributed by atoms with Crippen LogP contribution in [0.15, 0.2) is 12.4 Å². The topological polar surface area (TPSA) is 69.4 Å². The summed E-state index contributed by atoms with van der Waals surface area (Å²) in [4.78, 5) is 7.63. The van der Waals surface area contributed by atoms with E-state index in [4.69, 9.17) is 0 Å². The van der Waals surface area contributed by atoms with Crippen LogP contribution in [0.3, 0.4) is 0 Å². The van der Waals surface area contributed by atoms with Crippen LogP contribution in [0.1, 0.15) is 49.6 Å². The molecule has 1 aliphatic heterocycles. The van der Waals surface area contributed by atoms with E-state index in [0.29, 0.717) is 0 Å². The number of nitrogens with zero attached hydrogens (tertiary/aromatic N) is 2. The number of aromatic nitrogens is 4. The third-order valence-corrected chi connectivity index (χ3v) is 3.43. The molecule has 2 aromatic rings. The van der Waals surface area contributed by atoms with Crippen LogP contribution in [-0.4, -0.2) is 26.7 Å². The summed E-state index contributed by atoms with van der Waals surface area (Å²) in [6.07, 6.45) is 2.78. The molecule has 2 aromatic heterocycles. The number of fused-ring (bicyclic) bond motifs is 1. The summed E-state index contributed by atoms with van der Waals surface area (Å²) in [6.45, 7) is 7.47. The van der Waals surface area contributed by atoms with Crippen molar-refractivity contribution in [3.63, 3.8) is 0 Å². The highest BCUT2D eigenvalue weighted by molar-refractivity contribution is 5.30. The van der Waals surface area contributed by atoms with Gasteiger partial charge in [-0.2, -0.15) is 5.10 Å². The molecule has 5 heteroatoms. The summed E-state index contributed by atoms with van der Waals surface area (Å²) in [5.41, 5.74) is 4.56. The Morgan fingerprint density at radius 1 is 1.33 bits per heavy atom. The van der Waals surface area contributed by atoms with Crippen molar-refractivity contribution in [1.82, 2.24) is 25.5 Å². The van der Waals surface area contributed by atoms with Crippen molar-refractivity contribution in [2.24, 2.45) is 0 Å². The third kappa shape index (κ3) is 1.84. The van der Waals surface area contributed by atoms with Crippen LogP contribution in [0.25, 0.3) is 0 Å². The predicted octanol–water partition coefficient (Wildman–Crippen LogP) is 1.67. The van der Waals surface area contributed by atoms with E-state index in [-0.39, 0.29) is 11.5 Å². The number of imidazole rings is 1. The highest BCUT2D eigenvalue weighted by Gasteiger charge is 2.27. The average Bonchev–Trinajstić information content (AvgIpc) is 2.96. The third-order valence-electron chi connectivity index (χ3n) is 3.43. The van der Waals surface area contributed by atoms with Gasteiger partial charge in [-0.25, -0.2) is 4.98 Å². The van der Waals surface area contributed by atoms with Crippen molar-refractivity contribution in [3.8, 4) is 0 Å². The zero-order chi connectivity index (χ0) is 12.8. The lowest BCUT2D eigenvalue weighted by atomic mass is 9.91. The summed E-state index contributed by atoms with van der Waals surface area (Å²) >= 11 is 0. The maximum Gasteiger partial charge on any atom is 0.0937 e. The summed E-state index contributed by atoms with van der Waals surface area (Å²) < 4.78 is 0. The Kier molecular flexibility index (Phi) is 2.52. The van der Waals surface area contributed by atoms with E-state index in [2.05, 4.69) is 52.3 Å². The van der Waals surface area contributed by atoms with Crippen molar-refractivity contribution >= 4 is 0 Å². The van der Waals surface area contributed by atoms with Gasteiger partial charge in [0.2, 0.25) is 0 Å². The molecule has 0 radical (unpaired) electrons. The molecule has 1 atom stereocenters. The van der Waals surface area contributed by atoms with E-state index in [0.717, 1.165) is 30.0 Å². The van der Waals surface area contributed by atoms with Gasteiger partial charge in [-0.05, 0) is 6.07 Å². The Morgan fingerprint density at radius 3 is 2.89 bits per heavy atom. The van der Waals surface area contributed by atoms with E-state index >= 15 is 0 Å². The van der Waals surface area contributed by atoms with Gasteiger partial charge in [-0.3, -0.25) is 5.10 Å². The molecule has 3 rings (SSSR count). The van der Waals surface area contributed by atoms with Gasteiger partial charge in [0.1, 0.15) is 0 Å². The van der Waals surface area contributed by atoms with Crippen molar-refractivity contribution < 1.29 is 0 Å². The van der Waals surface area contributed by atoms with E-state index in [1.165, 1.54) is 5.69 Å². The minimum absolute atomic E-state index is 0.0673. The number of nitrogens with one attached hydrogen (secondary N) is 3. The molecule has 3 N–H and O–H groups in total. The lowest BCUT2D eigenvalue weighted by Gasteiger charge is -2.21. The lowest BCUT2D eigenvalue weighted by molar-refractivity contribution is 0.542. The molecule has 5 nitrogen and oxygen atoms in total. The van der Waals surface area contributed by atoms with Gasteiger partial charge in [-0.1, -0.05) is 20.8 Å². The lowest BCUT2D eigenvalue weighted by Crippen LogP contribution is -2.31. The van der Waals surface area contributed by atoms with E-state index < -0.39 is 0 Å². The van der Waals surface area contributed by atoms with Gasteiger partial charge in [0.05, 0.1) is 29.5 Å². The van der Waals surface area contributed by atoms with Crippen molar-refractivity contribution in [3.05, 3.63) is 35.2 Å². The molecule has 0 aromatic carbocycles. The minimum Gasteiger partial charge on any atom is -0.348 e. The molecule has 3 heterocycles. The predicted molar refractivity (Wildman–Crippen MR) is 69.4 cm³/mol. The van der Waals surface area contributed by atoms with Gasteiger partial charge in [0.25, 0.3) is 0 Å². The van der Waals surface area contributed by atoms with Crippen molar-refractivity contribution in [2.45, 2.75) is 38.6 Å². The maximum atomic E-state index is 4.42. The first-order valence-electron chi connectivity index (χ1n) is 6.37. The summed E-state index contributed by atoms with van der Waals surface area (Å²) in [5, 5.41) is 11.1. The van der Waals surface area contributed by atoms with Crippen molar-refractivity contribution in [2.75, 3.05) is 6.54 Å². The first kappa shape index (κ1) is 11.5. The fraction of sp³-hybridized carbons (Fsp3) is 0.538. The van der Waals surface area contributed by atoms with Gasteiger partial charge >= 0.3 is 0 Å². The number of rotatable bonds is 1. The van der Waals surface area contributed by atoms with E-state index in [1.807, 2.05) is 0 Å². The van der Waals surface area contributed by atoms with Crippen LogP contribution < -0.4 is 5.32 Å². The maximum absolute atomic E-state index is 4.42. The number of hydrogen-bond acceptors (Lipinski definition) is 3. The molecule has 0 aliphatic carbocycles. The van der Waals surface area contributed by atoms with E-state index in [1.54, 1.807) is 6.33 Å². The molecule has 0 bridgehead atoms. The first-order chi connectivity index (χ1) is 8.55. The van der Waals surface area contributed by atoms with Gasteiger partial charge < -0.3 is 10.3 Å². The zero-order valence-electron chi connectivity index (χ0n) is 11.0. The largest absolute Gasteiger partial charge is 0.348 e. The van der Waals surface area contributed by atoms with Gasteiger partial charge in [0, 0.05) is 24.1 Å². The van der Waals surface area contributed by atoms with Crippen LogP contribution in [0.5, 0.6) is 0 Å². The second kappa shape index (κ2) is 3.95. The Balaban J connectivity index is 1.96. The smallest absolute Gasteiger partial charge is 0.0937 e. The molecular formula is C13H19N5. The molecule has 0 unspecified atom stereocenters. The fourth-order valence-corrected chi connectivity index (χ4v) is 2.34. The number of H-pyrrole nitrogens is 2. The van der Waals surface area contributed by atoms with Gasteiger partial charge in [-0.15, -0.1) is 0 Å². The Bertz CT molecular complexity index is 546. The van der Waals surface area contributed by atoms with Crippen LogP contribution in [0.4, 0.5) is 0 Å². The fourth-order valence-electron chi connectivity index (χ4n) is 2.34. The highest BCUT2D eigenvalue weighted by atomic mass is 15.2. The summed E-state index contributed by atoms with van der Waals surface area (Å²) in [7, 11) is 0. The van der Waals surface area contributed by atoms with E-state index in [9.17, 15) is 0 Å². The quantitative estimate of drug-likeness (QED) is 0.715. The Labute approximate surface area is 106 Å². The number of aromatic amines is 2. The molecule has 0 amide bonds. The summed E-state index contributed by atoms with van der Waals surface area (Å²) in [6, 6.07) is 2.27. The zero-order valence-corrected chi connectivity index (χ0v) is 11.0. The van der Waals surface area contributed by atoms with Gasteiger partial charge in [0.15, 0.2) is 0 Å². The molecule has 18 heavy (non-hydrogen) atoms. The second-order valence-electron chi connectivity index (χ2n) is 5.86. The van der Waals surface area contributed by atoms with Crippen LogP contribution in [-0.2, 0) is 11.8 Å². The second-order valence-corrected chi connectivity index (χ2v) is 5.86. The summed E-state index contributed by atoms with van der Waals surface area (Å²) in [5.74, 6) is 0. The average molecular weight is 245 g/mol. The molecule has 0 fully saturated rings. The van der Waals surface area contributed by atoms with Crippen LogP contribution >= 0.6 is 0 Å². The number of hydrogen-bond donors (Lipinski definition) is 3. The molecule has 0 spiro atoms. The minimum atomic E-state index is 0.0673. The molecule has 0 saturated carbocycles.